The Morgan fingerprint density at radius 3 is 2.32 bits per heavy atom. The predicted molar refractivity (Wildman–Crippen MR) is 93.7 cm³/mol. The van der Waals surface area contributed by atoms with Crippen LogP contribution in [-0.2, 0) is 12.6 Å². The lowest BCUT2D eigenvalue weighted by molar-refractivity contribution is -0.137. The van der Waals surface area contributed by atoms with Gasteiger partial charge in [0.05, 0.1) is 10.9 Å². The first-order valence-electron chi connectivity index (χ1n) is 8.84. The first kappa shape index (κ1) is 18.4. The fourth-order valence-electron chi connectivity index (χ4n) is 3.60. The second-order valence-electron chi connectivity index (χ2n) is 6.72. The maximum absolute atomic E-state index is 12.7. The molecule has 1 fully saturated rings. The van der Waals surface area contributed by atoms with Crippen molar-refractivity contribution in [3.05, 3.63) is 47.2 Å². The van der Waals surface area contributed by atoms with Gasteiger partial charge >= 0.3 is 6.18 Å². The Hall–Kier alpha value is -1.42. The zero-order valence-electron chi connectivity index (χ0n) is 14.2. The van der Waals surface area contributed by atoms with Gasteiger partial charge in [0.1, 0.15) is 11.5 Å². The summed E-state index contributed by atoms with van der Waals surface area (Å²) in [6, 6.07) is 6.99. The van der Waals surface area contributed by atoms with E-state index in [2.05, 4.69) is 0 Å². The normalized spacial score (nSPS) is 17.6. The van der Waals surface area contributed by atoms with E-state index in [1.165, 1.54) is 31.4 Å². The fraction of sp³-hybridized carbons (Fsp3) is 0.500. The average Bonchev–Trinajstić information content (AvgIpc) is 3.05. The Morgan fingerprint density at radius 2 is 1.76 bits per heavy atom. The number of rotatable bonds is 4. The van der Waals surface area contributed by atoms with E-state index in [9.17, 15) is 13.2 Å². The Balaban J connectivity index is 1.87. The van der Waals surface area contributed by atoms with Crippen LogP contribution in [0.2, 0.25) is 0 Å². The van der Waals surface area contributed by atoms with E-state index >= 15 is 0 Å². The molecule has 1 nitrogen and oxygen atoms in total. The molecule has 0 saturated heterocycles. The Kier molecular flexibility index (Phi) is 5.47. The summed E-state index contributed by atoms with van der Waals surface area (Å²) in [4.78, 5) is 0. The van der Waals surface area contributed by atoms with Gasteiger partial charge in [0, 0.05) is 17.5 Å². The lowest BCUT2D eigenvalue weighted by atomic mass is 9.84. The number of aryl methyl sites for hydroxylation is 1. The smallest absolute Gasteiger partial charge is 0.416 e. The van der Waals surface area contributed by atoms with Crippen molar-refractivity contribution in [1.82, 2.24) is 0 Å². The standard InChI is InChI=1S/C20H22ClF3O/c1-2-17-16(19(21)14-6-4-3-5-7-14)12-18(25-17)13-8-10-15(11-9-13)20(22,23)24/h8-12,14,19H,2-7H2,1H3. The van der Waals surface area contributed by atoms with Gasteiger partial charge in [0.25, 0.3) is 0 Å². The highest BCUT2D eigenvalue weighted by Gasteiger charge is 2.30. The van der Waals surface area contributed by atoms with Gasteiger partial charge in [-0.3, -0.25) is 0 Å². The summed E-state index contributed by atoms with van der Waals surface area (Å²) in [6.45, 7) is 2.00. The molecule has 0 N–H and O–H groups in total. The zero-order valence-corrected chi connectivity index (χ0v) is 15.0. The monoisotopic (exact) mass is 370 g/mol. The molecule has 1 aromatic heterocycles. The van der Waals surface area contributed by atoms with E-state index in [1.807, 2.05) is 13.0 Å². The summed E-state index contributed by atoms with van der Waals surface area (Å²) < 4.78 is 44.1. The highest BCUT2D eigenvalue weighted by Crippen LogP contribution is 2.42. The van der Waals surface area contributed by atoms with Crippen LogP contribution in [0.1, 0.15) is 61.3 Å². The van der Waals surface area contributed by atoms with Crippen molar-refractivity contribution in [2.24, 2.45) is 5.92 Å². The van der Waals surface area contributed by atoms with Crippen molar-refractivity contribution < 1.29 is 17.6 Å². The summed E-state index contributed by atoms with van der Waals surface area (Å²) in [5.41, 5.74) is 0.976. The minimum absolute atomic E-state index is 0.0952. The molecule has 0 spiro atoms. The maximum atomic E-state index is 12.7. The van der Waals surface area contributed by atoms with Crippen molar-refractivity contribution in [1.29, 1.82) is 0 Å². The highest BCUT2D eigenvalue weighted by molar-refractivity contribution is 6.21. The van der Waals surface area contributed by atoms with Crippen LogP contribution in [-0.4, -0.2) is 0 Å². The Labute approximate surface area is 151 Å². The number of alkyl halides is 4. The molecule has 1 aromatic carbocycles. The highest BCUT2D eigenvalue weighted by atomic mass is 35.5. The number of hydrogen-bond donors (Lipinski definition) is 0. The van der Waals surface area contributed by atoms with Crippen LogP contribution in [0.3, 0.4) is 0 Å². The van der Waals surface area contributed by atoms with Crippen molar-refractivity contribution >= 4 is 11.6 Å². The molecule has 1 aliphatic carbocycles. The summed E-state index contributed by atoms with van der Waals surface area (Å²) in [5.74, 6) is 1.86. The van der Waals surface area contributed by atoms with Gasteiger partial charge in [0.2, 0.25) is 0 Å². The third-order valence-electron chi connectivity index (χ3n) is 5.02. The minimum atomic E-state index is -4.33. The Bertz CT molecular complexity index is 697. The quantitative estimate of drug-likeness (QED) is 0.511. The van der Waals surface area contributed by atoms with Gasteiger partial charge in [-0.2, -0.15) is 13.2 Å². The molecule has 136 valence electrons. The van der Waals surface area contributed by atoms with Crippen LogP contribution >= 0.6 is 11.6 Å². The van der Waals surface area contributed by atoms with E-state index in [0.717, 1.165) is 36.3 Å². The van der Waals surface area contributed by atoms with Crippen LogP contribution in [0.15, 0.2) is 34.7 Å². The topological polar surface area (TPSA) is 13.1 Å². The summed E-state index contributed by atoms with van der Waals surface area (Å²) >= 11 is 6.75. The molecule has 0 radical (unpaired) electrons. The molecule has 3 rings (SSSR count). The van der Waals surface area contributed by atoms with Crippen LogP contribution in [0, 0.1) is 5.92 Å². The molecule has 1 saturated carbocycles. The molecule has 1 unspecified atom stereocenters. The minimum Gasteiger partial charge on any atom is -0.461 e. The third-order valence-corrected chi connectivity index (χ3v) is 5.61. The van der Waals surface area contributed by atoms with Crippen molar-refractivity contribution in [3.8, 4) is 11.3 Å². The van der Waals surface area contributed by atoms with Crippen LogP contribution in [0.4, 0.5) is 13.2 Å². The average molecular weight is 371 g/mol. The molecule has 1 atom stereocenters. The maximum Gasteiger partial charge on any atom is 0.416 e. The van der Waals surface area contributed by atoms with Gasteiger partial charge in [-0.05, 0) is 37.0 Å². The third kappa shape index (κ3) is 4.05. The van der Waals surface area contributed by atoms with Crippen molar-refractivity contribution in [2.75, 3.05) is 0 Å². The molecule has 5 heteroatoms. The van der Waals surface area contributed by atoms with Crippen LogP contribution in [0.5, 0.6) is 0 Å². The molecular weight excluding hydrogens is 349 g/mol. The summed E-state index contributed by atoms with van der Waals surface area (Å²) in [5, 5.41) is -0.0952. The lowest BCUT2D eigenvalue weighted by Crippen LogP contribution is -2.12. The SMILES string of the molecule is CCc1oc(-c2ccc(C(F)(F)F)cc2)cc1C(Cl)C1CCCCC1. The van der Waals surface area contributed by atoms with Crippen LogP contribution in [0.25, 0.3) is 11.3 Å². The largest absolute Gasteiger partial charge is 0.461 e. The van der Waals surface area contributed by atoms with Gasteiger partial charge in [0.15, 0.2) is 0 Å². The zero-order chi connectivity index (χ0) is 18.0. The van der Waals surface area contributed by atoms with E-state index in [1.54, 1.807) is 0 Å². The molecule has 0 aliphatic heterocycles. The van der Waals surface area contributed by atoms with Crippen molar-refractivity contribution in [3.63, 3.8) is 0 Å². The molecule has 0 amide bonds. The molecule has 1 aliphatic rings. The van der Waals surface area contributed by atoms with Gasteiger partial charge in [-0.15, -0.1) is 11.6 Å². The van der Waals surface area contributed by atoms with E-state index in [4.69, 9.17) is 16.0 Å². The number of furan rings is 1. The van der Waals surface area contributed by atoms with E-state index < -0.39 is 11.7 Å². The predicted octanol–water partition coefficient (Wildman–Crippen LogP) is 7.39. The lowest BCUT2D eigenvalue weighted by Gasteiger charge is -2.25. The summed E-state index contributed by atoms with van der Waals surface area (Å²) in [6.07, 6.45) is 2.31. The second-order valence-corrected chi connectivity index (χ2v) is 7.19. The molecule has 2 aromatic rings. The van der Waals surface area contributed by atoms with Crippen LogP contribution < -0.4 is 0 Å². The molecule has 1 heterocycles. The van der Waals surface area contributed by atoms with E-state index in [-0.39, 0.29) is 5.38 Å². The number of benzene rings is 1. The van der Waals surface area contributed by atoms with Gasteiger partial charge in [-0.25, -0.2) is 0 Å². The number of hydrogen-bond acceptors (Lipinski definition) is 1. The molecule has 0 bridgehead atoms. The first-order valence-corrected chi connectivity index (χ1v) is 9.28. The second kappa shape index (κ2) is 7.45. The molecular formula is C20H22ClF3O. The fourth-order valence-corrected chi connectivity index (χ4v) is 4.04. The van der Waals surface area contributed by atoms with E-state index in [0.29, 0.717) is 23.7 Å². The Morgan fingerprint density at radius 1 is 1.12 bits per heavy atom. The molecule has 25 heavy (non-hydrogen) atoms. The van der Waals surface area contributed by atoms with Gasteiger partial charge in [-0.1, -0.05) is 38.3 Å². The first-order chi connectivity index (χ1) is 11.9. The number of halogens is 4. The summed E-state index contributed by atoms with van der Waals surface area (Å²) in [7, 11) is 0. The van der Waals surface area contributed by atoms with Crippen molar-refractivity contribution in [2.45, 2.75) is 57.0 Å². The van der Waals surface area contributed by atoms with Gasteiger partial charge < -0.3 is 4.42 Å².